The molecule has 0 aromatic heterocycles. The fourth-order valence-corrected chi connectivity index (χ4v) is 3.22. The lowest BCUT2D eigenvalue weighted by atomic mass is 9.71. The monoisotopic (exact) mass is 253 g/mol. The molecule has 1 unspecified atom stereocenters. The average molecular weight is 253 g/mol. The van der Waals surface area contributed by atoms with Crippen molar-refractivity contribution in [2.24, 2.45) is 22.8 Å². The number of nitrogens with one attached hydrogen (secondary N) is 1. The Balaban J connectivity index is 1.84. The minimum atomic E-state index is 0.0605. The Morgan fingerprint density at radius 3 is 2.39 bits per heavy atom. The summed E-state index contributed by atoms with van der Waals surface area (Å²) in [7, 11) is 0. The van der Waals surface area contributed by atoms with Gasteiger partial charge in [-0.1, -0.05) is 19.3 Å². The second-order valence-electron chi connectivity index (χ2n) is 6.19. The number of rotatable bonds is 6. The molecule has 0 aromatic carbocycles. The van der Waals surface area contributed by atoms with Gasteiger partial charge in [0.05, 0.1) is 0 Å². The maximum absolute atomic E-state index is 12.2. The first-order valence-electron chi connectivity index (χ1n) is 7.39. The molecule has 1 amide bonds. The van der Waals surface area contributed by atoms with E-state index in [1.54, 1.807) is 0 Å². The quantitative estimate of drug-likeness (QED) is 0.664. The first kappa shape index (κ1) is 13.8. The number of carbonyl (C=O) groups is 1. The van der Waals surface area contributed by atoms with E-state index in [-0.39, 0.29) is 17.4 Å². The second kappa shape index (κ2) is 6.02. The summed E-state index contributed by atoms with van der Waals surface area (Å²) in [6, 6.07) is 0.191. The van der Waals surface area contributed by atoms with Crippen molar-refractivity contribution in [3.63, 3.8) is 0 Å². The minimum absolute atomic E-state index is 0.0605. The third-order valence-corrected chi connectivity index (χ3v) is 4.67. The van der Waals surface area contributed by atoms with Crippen LogP contribution in [0.2, 0.25) is 0 Å². The van der Waals surface area contributed by atoms with Crippen molar-refractivity contribution in [1.82, 2.24) is 5.32 Å². The van der Waals surface area contributed by atoms with Gasteiger partial charge in [0, 0.05) is 19.0 Å². The Hall–Kier alpha value is -0.610. The Morgan fingerprint density at radius 1 is 1.22 bits per heavy atom. The van der Waals surface area contributed by atoms with Gasteiger partial charge in [0.25, 0.3) is 0 Å². The molecule has 2 aliphatic carbocycles. The van der Waals surface area contributed by atoms with E-state index in [0.717, 1.165) is 12.8 Å². The zero-order valence-electron chi connectivity index (χ0n) is 11.3. The number of hydrogen-bond acceptors (Lipinski definition) is 3. The molecule has 0 radical (unpaired) electrons. The molecule has 0 aliphatic heterocycles. The maximum atomic E-state index is 12.2. The van der Waals surface area contributed by atoms with Crippen LogP contribution in [0.5, 0.6) is 0 Å². The number of amides is 1. The van der Waals surface area contributed by atoms with Gasteiger partial charge in [0.15, 0.2) is 0 Å². The van der Waals surface area contributed by atoms with Gasteiger partial charge >= 0.3 is 0 Å². The van der Waals surface area contributed by atoms with Gasteiger partial charge in [-0.2, -0.15) is 0 Å². The van der Waals surface area contributed by atoms with E-state index >= 15 is 0 Å². The van der Waals surface area contributed by atoms with Gasteiger partial charge < -0.3 is 16.8 Å². The van der Waals surface area contributed by atoms with E-state index in [0.29, 0.717) is 25.4 Å². The molecular weight excluding hydrogens is 226 g/mol. The fourth-order valence-electron chi connectivity index (χ4n) is 3.22. The highest BCUT2D eigenvalue weighted by Gasteiger charge is 2.35. The van der Waals surface area contributed by atoms with Gasteiger partial charge in [-0.05, 0) is 43.6 Å². The Morgan fingerprint density at radius 2 is 1.89 bits per heavy atom. The van der Waals surface area contributed by atoms with Gasteiger partial charge in [-0.15, -0.1) is 0 Å². The number of hydrogen-bond donors (Lipinski definition) is 3. The lowest BCUT2D eigenvalue weighted by molar-refractivity contribution is -0.124. The molecule has 2 fully saturated rings. The summed E-state index contributed by atoms with van der Waals surface area (Å²) < 4.78 is 0. The van der Waals surface area contributed by atoms with E-state index in [9.17, 15) is 4.79 Å². The normalized spacial score (nSPS) is 24.6. The van der Waals surface area contributed by atoms with E-state index in [4.69, 9.17) is 11.5 Å². The fraction of sp³-hybridized carbons (Fsp3) is 0.929. The smallest absolute Gasteiger partial charge is 0.220 e. The lowest BCUT2D eigenvalue weighted by Gasteiger charge is -2.36. The van der Waals surface area contributed by atoms with Crippen molar-refractivity contribution < 1.29 is 4.79 Å². The molecule has 0 bridgehead atoms. The molecule has 0 saturated heterocycles. The highest BCUT2D eigenvalue weighted by molar-refractivity contribution is 5.77. The van der Waals surface area contributed by atoms with Crippen molar-refractivity contribution in [3.8, 4) is 0 Å². The Kier molecular flexibility index (Phi) is 4.62. The summed E-state index contributed by atoms with van der Waals surface area (Å²) in [4.78, 5) is 12.2. The van der Waals surface area contributed by atoms with Crippen molar-refractivity contribution in [2.45, 2.75) is 57.4 Å². The van der Waals surface area contributed by atoms with Gasteiger partial charge in [-0.25, -0.2) is 0 Å². The zero-order chi connectivity index (χ0) is 13.0. The van der Waals surface area contributed by atoms with Crippen LogP contribution >= 0.6 is 0 Å². The van der Waals surface area contributed by atoms with Crippen LogP contribution in [0, 0.1) is 11.3 Å². The molecule has 0 aromatic rings. The molecule has 2 rings (SSSR count). The van der Waals surface area contributed by atoms with Gasteiger partial charge in [-0.3, -0.25) is 4.79 Å². The molecule has 0 heterocycles. The lowest BCUT2D eigenvalue weighted by Crippen LogP contribution is -2.45. The SMILES string of the molecule is NCC(NC(=O)CC1(CN)CCCCC1)C1CC1. The van der Waals surface area contributed by atoms with Crippen LogP contribution in [0.25, 0.3) is 0 Å². The predicted molar refractivity (Wildman–Crippen MR) is 72.9 cm³/mol. The van der Waals surface area contributed by atoms with E-state index in [2.05, 4.69) is 5.32 Å². The summed E-state index contributed by atoms with van der Waals surface area (Å²) in [6.45, 7) is 1.20. The summed E-state index contributed by atoms with van der Waals surface area (Å²) in [6.07, 6.45) is 8.94. The van der Waals surface area contributed by atoms with Crippen LogP contribution in [0.1, 0.15) is 51.4 Å². The van der Waals surface area contributed by atoms with Crippen LogP contribution in [0.4, 0.5) is 0 Å². The third-order valence-electron chi connectivity index (χ3n) is 4.67. The highest BCUT2D eigenvalue weighted by atomic mass is 16.1. The van der Waals surface area contributed by atoms with Crippen LogP contribution in [0.3, 0.4) is 0 Å². The van der Waals surface area contributed by atoms with Crippen LogP contribution < -0.4 is 16.8 Å². The van der Waals surface area contributed by atoms with E-state index < -0.39 is 0 Å². The van der Waals surface area contributed by atoms with Crippen molar-refractivity contribution in [1.29, 1.82) is 0 Å². The van der Waals surface area contributed by atoms with E-state index in [1.165, 1.54) is 32.1 Å². The van der Waals surface area contributed by atoms with Crippen molar-refractivity contribution in [2.75, 3.05) is 13.1 Å². The first-order chi connectivity index (χ1) is 8.69. The van der Waals surface area contributed by atoms with Crippen LogP contribution in [-0.2, 0) is 4.79 Å². The number of carbonyl (C=O) groups excluding carboxylic acids is 1. The molecule has 4 heteroatoms. The predicted octanol–water partition coefficient (Wildman–Crippen LogP) is 1.14. The molecular formula is C14H27N3O. The molecule has 2 aliphatic rings. The minimum Gasteiger partial charge on any atom is -0.352 e. The van der Waals surface area contributed by atoms with Crippen molar-refractivity contribution >= 4 is 5.91 Å². The molecule has 4 nitrogen and oxygen atoms in total. The van der Waals surface area contributed by atoms with Gasteiger partial charge in [0.1, 0.15) is 0 Å². The molecule has 5 N–H and O–H groups in total. The van der Waals surface area contributed by atoms with E-state index in [1.807, 2.05) is 0 Å². The largest absolute Gasteiger partial charge is 0.352 e. The Labute approximate surface area is 110 Å². The molecule has 1 atom stereocenters. The number of nitrogens with two attached hydrogens (primary N) is 2. The standard InChI is InChI=1S/C14H27N3O/c15-9-12(11-4-5-11)17-13(18)8-14(10-16)6-2-1-3-7-14/h11-12H,1-10,15-16H2,(H,17,18). The average Bonchev–Trinajstić information content (AvgIpc) is 3.21. The summed E-state index contributed by atoms with van der Waals surface area (Å²) in [5.41, 5.74) is 11.7. The van der Waals surface area contributed by atoms with Gasteiger partial charge in [0.2, 0.25) is 5.91 Å². The first-order valence-corrected chi connectivity index (χ1v) is 7.39. The summed E-state index contributed by atoms with van der Waals surface area (Å²) >= 11 is 0. The van der Waals surface area contributed by atoms with Crippen LogP contribution in [0.15, 0.2) is 0 Å². The maximum Gasteiger partial charge on any atom is 0.220 e. The summed E-state index contributed by atoms with van der Waals surface area (Å²) in [5.74, 6) is 0.781. The zero-order valence-corrected chi connectivity index (χ0v) is 11.3. The van der Waals surface area contributed by atoms with Crippen LogP contribution in [-0.4, -0.2) is 25.0 Å². The highest BCUT2D eigenvalue weighted by Crippen LogP contribution is 2.38. The molecule has 0 spiro atoms. The van der Waals surface area contributed by atoms with Crippen molar-refractivity contribution in [3.05, 3.63) is 0 Å². The molecule has 18 heavy (non-hydrogen) atoms. The summed E-state index contributed by atoms with van der Waals surface area (Å²) in [5, 5.41) is 3.12. The molecule has 2 saturated carbocycles. The second-order valence-corrected chi connectivity index (χ2v) is 6.19. The third kappa shape index (κ3) is 3.45. The Bertz CT molecular complexity index is 283. The topological polar surface area (TPSA) is 81.1 Å². The molecule has 104 valence electrons.